The fourth-order valence-corrected chi connectivity index (χ4v) is 3.23. The van der Waals surface area contributed by atoms with Crippen LogP contribution in [0.5, 0.6) is 0 Å². The van der Waals surface area contributed by atoms with Crippen LogP contribution in [0.15, 0.2) is 18.2 Å². The molecule has 1 aromatic rings. The Morgan fingerprint density at radius 2 is 2.11 bits per heavy atom. The molecule has 4 atom stereocenters. The number of carbonyl (C=O) groups excluding carboxylic acids is 1. The molecule has 4 heteroatoms. The molecule has 1 saturated heterocycles. The van der Waals surface area contributed by atoms with Crippen LogP contribution in [0.25, 0.3) is 0 Å². The highest BCUT2D eigenvalue weighted by Gasteiger charge is 2.38. The van der Waals surface area contributed by atoms with E-state index >= 15 is 0 Å². The summed E-state index contributed by atoms with van der Waals surface area (Å²) in [6.07, 6.45) is 0.921. The lowest BCUT2D eigenvalue weighted by atomic mass is 9.75. The monoisotopic (exact) mass is 264 g/mol. The van der Waals surface area contributed by atoms with Gasteiger partial charge in [0.15, 0.2) is 0 Å². The van der Waals surface area contributed by atoms with Crippen molar-refractivity contribution in [3.8, 4) is 0 Å². The number of benzene rings is 1. The van der Waals surface area contributed by atoms with Crippen LogP contribution in [0.2, 0.25) is 0 Å². The van der Waals surface area contributed by atoms with Crippen molar-refractivity contribution in [2.75, 3.05) is 0 Å². The van der Waals surface area contributed by atoms with E-state index in [1.54, 1.807) is 6.07 Å². The first-order chi connectivity index (χ1) is 8.90. The van der Waals surface area contributed by atoms with Crippen molar-refractivity contribution in [1.29, 1.82) is 0 Å². The Balaban J connectivity index is 2.40. The third-order valence-corrected chi connectivity index (χ3v) is 4.06. The predicted octanol–water partition coefficient (Wildman–Crippen LogP) is 2.29. The van der Waals surface area contributed by atoms with Gasteiger partial charge >= 0.3 is 0 Å². The number of aryl methyl sites for hydroxylation is 1. The van der Waals surface area contributed by atoms with E-state index < -0.39 is 0 Å². The van der Waals surface area contributed by atoms with Crippen molar-refractivity contribution in [2.24, 2.45) is 17.6 Å². The van der Waals surface area contributed by atoms with E-state index in [9.17, 15) is 9.18 Å². The van der Waals surface area contributed by atoms with Gasteiger partial charge in [0, 0.05) is 12.1 Å². The third kappa shape index (κ3) is 2.78. The maximum absolute atomic E-state index is 13.2. The van der Waals surface area contributed by atoms with E-state index in [1.807, 2.05) is 6.92 Å². The highest BCUT2D eigenvalue weighted by molar-refractivity contribution is 5.78. The zero-order chi connectivity index (χ0) is 14.2. The number of halogens is 1. The van der Waals surface area contributed by atoms with Gasteiger partial charge in [-0.2, -0.15) is 0 Å². The van der Waals surface area contributed by atoms with E-state index in [4.69, 9.17) is 5.73 Å². The first kappa shape index (κ1) is 14.0. The number of hydrogen-bond acceptors (Lipinski definition) is 2. The van der Waals surface area contributed by atoms with Gasteiger partial charge in [-0.1, -0.05) is 13.0 Å². The highest BCUT2D eigenvalue weighted by atomic mass is 19.1. The molecule has 4 unspecified atom stereocenters. The van der Waals surface area contributed by atoms with Crippen LogP contribution < -0.4 is 11.1 Å². The molecule has 19 heavy (non-hydrogen) atoms. The average molecular weight is 264 g/mol. The van der Waals surface area contributed by atoms with E-state index in [0.717, 1.165) is 17.5 Å². The number of rotatable bonds is 2. The van der Waals surface area contributed by atoms with Crippen LogP contribution in [-0.2, 0) is 4.79 Å². The Hall–Kier alpha value is -1.42. The maximum atomic E-state index is 13.2. The number of carbonyl (C=O) groups is 1. The molecule has 3 N–H and O–H groups in total. The fraction of sp³-hybridized carbons (Fsp3) is 0.533. The van der Waals surface area contributed by atoms with Crippen LogP contribution in [0.1, 0.15) is 37.4 Å². The van der Waals surface area contributed by atoms with Crippen molar-refractivity contribution in [2.45, 2.75) is 39.3 Å². The van der Waals surface area contributed by atoms with Crippen molar-refractivity contribution < 1.29 is 9.18 Å². The summed E-state index contributed by atoms with van der Waals surface area (Å²) in [5.74, 6) is -0.571. The van der Waals surface area contributed by atoms with Gasteiger partial charge in [-0.15, -0.1) is 0 Å². The van der Waals surface area contributed by atoms with Crippen molar-refractivity contribution in [3.63, 3.8) is 0 Å². The van der Waals surface area contributed by atoms with Crippen LogP contribution in [-0.4, -0.2) is 11.9 Å². The molecule has 0 aromatic heterocycles. The van der Waals surface area contributed by atoms with E-state index in [0.29, 0.717) is 6.04 Å². The molecule has 0 aliphatic carbocycles. The summed E-state index contributed by atoms with van der Waals surface area (Å²) in [6.45, 7) is 6.01. The van der Waals surface area contributed by atoms with Crippen molar-refractivity contribution >= 4 is 5.91 Å². The van der Waals surface area contributed by atoms with Crippen LogP contribution in [0, 0.1) is 24.6 Å². The number of nitrogens with two attached hydrogens (primary N) is 1. The smallest absolute Gasteiger partial charge is 0.222 e. The summed E-state index contributed by atoms with van der Waals surface area (Å²) in [5.41, 5.74) is 7.37. The first-order valence-electron chi connectivity index (χ1n) is 6.71. The van der Waals surface area contributed by atoms with Crippen molar-refractivity contribution in [1.82, 2.24) is 5.32 Å². The molecule has 1 amide bonds. The summed E-state index contributed by atoms with van der Waals surface area (Å²) < 4.78 is 13.2. The van der Waals surface area contributed by atoms with Gasteiger partial charge in [-0.3, -0.25) is 4.79 Å². The first-order valence-corrected chi connectivity index (χ1v) is 6.71. The van der Waals surface area contributed by atoms with Crippen molar-refractivity contribution in [3.05, 3.63) is 35.1 Å². The molecule has 1 heterocycles. The lowest BCUT2D eigenvalue weighted by Gasteiger charge is -2.39. The topological polar surface area (TPSA) is 55.1 Å². The lowest BCUT2D eigenvalue weighted by molar-refractivity contribution is -0.125. The zero-order valence-corrected chi connectivity index (χ0v) is 11.6. The molecule has 3 nitrogen and oxygen atoms in total. The SMILES string of the molecule is Cc1cc(F)ccc1C1NC(C)CC(C)C1C(N)=O. The molecule has 1 fully saturated rings. The standard InChI is InChI=1S/C15H21FN2O/c1-8-7-11(16)4-5-12(8)14-13(15(17)19)9(2)6-10(3)18-14/h4-5,7,9-10,13-14,18H,6H2,1-3H3,(H2,17,19). The maximum Gasteiger partial charge on any atom is 0.222 e. The van der Waals surface area contributed by atoms with E-state index in [2.05, 4.69) is 19.2 Å². The summed E-state index contributed by atoms with van der Waals surface area (Å²) in [6, 6.07) is 4.88. The second-order valence-corrected chi connectivity index (χ2v) is 5.69. The van der Waals surface area contributed by atoms with Gasteiger partial charge in [-0.05, 0) is 49.4 Å². The molecular weight excluding hydrogens is 243 g/mol. The number of primary amides is 1. The van der Waals surface area contributed by atoms with Gasteiger partial charge in [0.2, 0.25) is 5.91 Å². The fourth-order valence-electron chi connectivity index (χ4n) is 3.23. The van der Waals surface area contributed by atoms with E-state index in [-0.39, 0.29) is 29.6 Å². The molecule has 1 aliphatic heterocycles. The molecule has 0 radical (unpaired) electrons. The summed E-state index contributed by atoms with van der Waals surface area (Å²) in [5, 5.41) is 3.43. The van der Waals surface area contributed by atoms with Gasteiger partial charge in [-0.25, -0.2) is 4.39 Å². The summed E-state index contributed by atoms with van der Waals surface area (Å²) >= 11 is 0. The highest BCUT2D eigenvalue weighted by Crippen LogP contribution is 2.36. The number of hydrogen-bond donors (Lipinski definition) is 2. The summed E-state index contributed by atoms with van der Waals surface area (Å²) in [7, 11) is 0. The number of piperidine rings is 1. The molecule has 1 aromatic carbocycles. The second-order valence-electron chi connectivity index (χ2n) is 5.69. The lowest BCUT2D eigenvalue weighted by Crippen LogP contribution is -2.49. The Morgan fingerprint density at radius 1 is 1.42 bits per heavy atom. The van der Waals surface area contributed by atoms with Crippen LogP contribution >= 0.6 is 0 Å². The molecule has 0 saturated carbocycles. The average Bonchev–Trinajstić information content (AvgIpc) is 2.26. The zero-order valence-electron chi connectivity index (χ0n) is 11.6. The minimum Gasteiger partial charge on any atom is -0.369 e. The normalized spacial score (nSPS) is 31.2. The van der Waals surface area contributed by atoms with Gasteiger partial charge in [0.1, 0.15) is 5.82 Å². The van der Waals surface area contributed by atoms with Crippen LogP contribution in [0.4, 0.5) is 4.39 Å². The van der Waals surface area contributed by atoms with Gasteiger partial charge < -0.3 is 11.1 Å². The van der Waals surface area contributed by atoms with Crippen LogP contribution in [0.3, 0.4) is 0 Å². The Labute approximate surface area is 113 Å². The molecule has 2 rings (SSSR count). The Morgan fingerprint density at radius 3 is 2.68 bits per heavy atom. The Kier molecular flexibility index (Phi) is 3.90. The molecular formula is C15H21FN2O. The number of amides is 1. The minimum atomic E-state index is -0.291. The number of nitrogens with one attached hydrogen (secondary N) is 1. The second kappa shape index (κ2) is 5.29. The third-order valence-electron chi connectivity index (χ3n) is 4.06. The molecule has 1 aliphatic rings. The Bertz CT molecular complexity index is 489. The predicted molar refractivity (Wildman–Crippen MR) is 72.9 cm³/mol. The molecule has 0 spiro atoms. The molecule has 0 bridgehead atoms. The van der Waals surface area contributed by atoms with Gasteiger partial charge in [0.25, 0.3) is 0 Å². The van der Waals surface area contributed by atoms with E-state index in [1.165, 1.54) is 12.1 Å². The minimum absolute atomic E-state index is 0.128. The largest absolute Gasteiger partial charge is 0.369 e. The van der Waals surface area contributed by atoms with Gasteiger partial charge in [0.05, 0.1) is 5.92 Å². The molecule has 104 valence electrons. The quantitative estimate of drug-likeness (QED) is 0.861. The summed E-state index contributed by atoms with van der Waals surface area (Å²) in [4.78, 5) is 11.7.